The first-order valence-electron chi connectivity index (χ1n) is 4.53. The molecule has 0 aliphatic heterocycles. The Morgan fingerprint density at radius 3 is 2.69 bits per heavy atom. The first-order chi connectivity index (χ1) is 7.41. The number of ether oxygens (including phenoxy) is 1. The van der Waals surface area contributed by atoms with E-state index in [1.54, 1.807) is 13.0 Å². The Bertz CT molecular complexity index is 433. The SMILES string of the molecule is Cc1ccc(O[C@H](C)C(=O)Cl)c([N+](=O)[O-])c1. The number of nitro benzene ring substituents is 1. The van der Waals surface area contributed by atoms with Crippen LogP contribution in [-0.4, -0.2) is 16.3 Å². The number of hydrogen-bond acceptors (Lipinski definition) is 4. The van der Waals surface area contributed by atoms with Crippen LogP contribution in [-0.2, 0) is 4.79 Å². The minimum absolute atomic E-state index is 0.0390. The van der Waals surface area contributed by atoms with Crippen LogP contribution in [0.25, 0.3) is 0 Å². The van der Waals surface area contributed by atoms with E-state index in [0.717, 1.165) is 5.56 Å². The summed E-state index contributed by atoms with van der Waals surface area (Å²) in [6.07, 6.45) is -0.914. The summed E-state index contributed by atoms with van der Waals surface area (Å²) in [7, 11) is 0. The van der Waals surface area contributed by atoms with Gasteiger partial charge in [0.2, 0.25) is 0 Å². The molecule has 1 aromatic carbocycles. The molecule has 0 fully saturated rings. The van der Waals surface area contributed by atoms with Crippen molar-refractivity contribution in [2.75, 3.05) is 0 Å². The maximum atomic E-state index is 10.8. The van der Waals surface area contributed by atoms with Gasteiger partial charge in [-0.1, -0.05) is 6.07 Å². The number of nitrogens with zero attached hydrogens (tertiary/aromatic N) is 1. The largest absolute Gasteiger partial charge is 0.474 e. The highest BCUT2D eigenvalue weighted by Crippen LogP contribution is 2.28. The summed E-state index contributed by atoms with van der Waals surface area (Å²) < 4.78 is 5.10. The number of halogens is 1. The van der Waals surface area contributed by atoms with Crippen molar-refractivity contribution in [3.05, 3.63) is 33.9 Å². The van der Waals surface area contributed by atoms with Gasteiger partial charge in [-0.05, 0) is 37.1 Å². The molecule has 6 heteroatoms. The van der Waals surface area contributed by atoms with Crippen molar-refractivity contribution in [1.29, 1.82) is 0 Å². The third-order valence-electron chi connectivity index (χ3n) is 1.93. The summed E-state index contributed by atoms with van der Waals surface area (Å²) in [5.41, 5.74) is 0.564. The third-order valence-corrected chi connectivity index (χ3v) is 2.24. The number of rotatable bonds is 4. The van der Waals surface area contributed by atoms with Gasteiger partial charge in [0.1, 0.15) is 0 Å². The molecule has 5 nitrogen and oxygen atoms in total. The number of aryl methyl sites for hydroxylation is 1. The molecule has 0 radical (unpaired) electrons. The standard InChI is InChI=1S/C10H10ClNO4/c1-6-3-4-9(8(5-6)12(14)15)16-7(2)10(11)13/h3-5,7H,1-2H3/t7-/m1/s1. The molecular formula is C10H10ClNO4. The molecule has 0 bridgehead atoms. The Morgan fingerprint density at radius 1 is 1.56 bits per heavy atom. The van der Waals surface area contributed by atoms with E-state index in [2.05, 4.69) is 0 Å². The zero-order valence-corrected chi connectivity index (χ0v) is 9.52. The van der Waals surface area contributed by atoms with E-state index < -0.39 is 16.3 Å². The molecule has 0 aliphatic rings. The fraction of sp³-hybridized carbons (Fsp3) is 0.300. The monoisotopic (exact) mass is 243 g/mol. The normalized spacial score (nSPS) is 11.9. The average Bonchev–Trinajstić information content (AvgIpc) is 2.20. The minimum atomic E-state index is -0.914. The molecule has 0 unspecified atom stereocenters. The van der Waals surface area contributed by atoms with Crippen LogP contribution in [0.1, 0.15) is 12.5 Å². The molecule has 86 valence electrons. The topological polar surface area (TPSA) is 69.4 Å². The van der Waals surface area contributed by atoms with Gasteiger partial charge in [0.15, 0.2) is 11.9 Å². The molecule has 0 saturated heterocycles. The summed E-state index contributed by atoms with van der Waals surface area (Å²) in [5, 5.41) is 10.0. The fourth-order valence-electron chi connectivity index (χ4n) is 1.11. The zero-order chi connectivity index (χ0) is 12.3. The summed E-state index contributed by atoms with van der Waals surface area (Å²) in [6.45, 7) is 3.16. The van der Waals surface area contributed by atoms with Crippen LogP contribution in [0.2, 0.25) is 0 Å². The third kappa shape index (κ3) is 2.93. The first-order valence-corrected chi connectivity index (χ1v) is 4.90. The minimum Gasteiger partial charge on any atom is -0.474 e. The van der Waals surface area contributed by atoms with Crippen molar-refractivity contribution in [3.8, 4) is 5.75 Å². The Hall–Kier alpha value is -1.62. The lowest BCUT2D eigenvalue weighted by Gasteiger charge is -2.10. The van der Waals surface area contributed by atoms with E-state index in [9.17, 15) is 14.9 Å². The highest BCUT2D eigenvalue weighted by molar-refractivity contribution is 6.64. The van der Waals surface area contributed by atoms with E-state index in [1.807, 2.05) is 0 Å². The van der Waals surface area contributed by atoms with E-state index in [1.165, 1.54) is 19.1 Å². The van der Waals surface area contributed by atoms with Crippen molar-refractivity contribution in [2.24, 2.45) is 0 Å². The van der Waals surface area contributed by atoms with Crippen molar-refractivity contribution in [3.63, 3.8) is 0 Å². The van der Waals surface area contributed by atoms with Gasteiger partial charge in [0.05, 0.1) is 4.92 Å². The van der Waals surface area contributed by atoms with Crippen LogP contribution < -0.4 is 4.74 Å². The van der Waals surface area contributed by atoms with Crippen molar-refractivity contribution in [1.82, 2.24) is 0 Å². The summed E-state index contributed by atoms with van der Waals surface area (Å²) in [5.74, 6) is 0.0390. The number of nitro groups is 1. The van der Waals surface area contributed by atoms with Crippen LogP contribution in [0, 0.1) is 17.0 Å². The Morgan fingerprint density at radius 2 is 2.19 bits per heavy atom. The number of carbonyl (C=O) groups excluding carboxylic acids is 1. The molecular weight excluding hydrogens is 234 g/mol. The van der Waals surface area contributed by atoms with Crippen LogP contribution >= 0.6 is 11.6 Å². The van der Waals surface area contributed by atoms with Gasteiger partial charge in [-0.25, -0.2) is 0 Å². The Balaban J connectivity index is 3.04. The molecule has 0 saturated carbocycles. The van der Waals surface area contributed by atoms with Crippen LogP contribution in [0.3, 0.4) is 0 Å². The Kier molecular flexibility index (Phi) is 3.84. The first kappa shape index (κ1) is 12.4. The number of carbonyl (C=O) groups is 1. The summed E-state index contributed by atoms with van der Waals surface area (Å²) >= 11 is 5.21. The maximum absolute atomic E-state index is 10.8. The summed E-state index contributed by atoms with van der Waals surface area (Å²) in [4.78, 5) is 20.9. The molecule has 16 heavy (non-hydrogen) atoms. The maximum Gasteiger partial charge on any atom is 0.311 e. The lowest BCUT2D eigenvalue weighted by molar-refractivity contribution is -0.386. The van der Waals surface area contributed by atoms with Gasteiger partial charge in [0, 0.05) is 6.07 Å². The van der Waals surface area contributed by atoms with E-state index in [-0.39, 0.29) is 11.4 Å². The van der Waals surface area contributed by atoms with Crippen molar-refractivity contribution >= 4 is 22.5 Å². The van der Waals surface area contributed by atoms with Gasteiger partial charge in [0.25, 0.3) is 5.24 Å². The van der Waals surface area contributed by atoms with Crippen LogP contribution in [0.5, 0.6) is 5.75 Å². The number of hydrogen-bond donors (Lipinski definition) is 0. The molecule has 0 heterocycles. The second kappa shape index (κ2) is 4.94. The second-order valence-electron chi connectivity index (χ2n) is 3.29. The Labute approximate surface area is 97.1 Å². The molecule has 0 aliphatic carbocycles. The van der Waals surface area contributed by atoms with Gasteiger partial charge in [-0.3, -0.25) is 14.9 Å². The molecule has 1 aromatic rings. The second-order valence-corrected chi connectivity index (χ2v) is 3.67. The van der Waals surface area contributed by atoms with Gasteiger partial charge in [-0.2, -0.15) is 0 Å². The highest BCUT2D eigenvalue weighted by Gasteiger charge is 2.19. The zero-order valence-electron chi connectivity index (χ0n) is 8.77. The van der Waals surface area contributed by atoms with Gasteiger partial charge in [-0.15, -0.1) is 0 Å². The molecule has 0 N–H and O–H groups in total. The molecule has 0 aromatic heterocycles. The smallest absolute Gasteiger partial charge is 0.311 e. The molecule has 0 amide bonds. The quantitative estimate of drug-likeness (QED) is 0.463. The predicted molar refractivity (Wildman–Crippen MR) is 58.8 cm³/mol. The lowest BCUT2D eigenvalue weighted by Crippen LogP contribution is -2.19. The summed E-state index contributed by atoms with van der Waals surface area (Å²) in [6, 6.07) is 4.48. The molecule has 1 atom stereocenters. The molecule has 0 spiro atoms. The molecule has 1 rings (SSSR count). The van der Waals surface area contributed by atoms with Crippen LogP contribution in [0.4, 0.5) is 5.69 Å². The van der Waals surface area contributed by atoms with E-state index in [4.69, 9.17) is 16.3 Å². The van der Waals surface area contributed by atoms with Gasteiger partial charge < -0.3 is 4.74 Å². The average molecular weight is 244 g/mol. The van der Waals surface area contributed by atoms with E-state index in [0.29, 0.717) is 0 Å². The predicted octanol–water partition coefficient (Wildman–Crippen LogP) is 2.44. The van der Waals surface area contributed by atoms with E-state index >= 15 is 0 Å². The fourth-order valence-corrected chi connectivity index (χ4v) is 1.15. The van der Waals surface area contributed by atoms with Crippen molar-refractivity contribution in [2.45, 2.75) is 20.0 Å². The highest BCUT2D eigenvalue weighted by atomic mass is 35.5. The van der Waals surface area contributed by atoms with Gasteiger partial charge >= 0.3 is 5.69 Å². The van der Waals surface area contributed by atoms with Crippen molar-refractivity contribution < 1.29 is 14.5 Å². The number of benzene rings is 1. The lowest BCUT2D eigenvalue weighted by atomic mass is 10.2. The van der Waals surface area contributed by atoms with Crippen LogP contribution in [0.15, 0.2) is 18.2 Å².